The lowest BCUT2D eigenvalue weighted by Crippen LogP contribution is -2.37. The Morgan fingerprint density at radius 1 is 1.00 bits per heavy atom. The van der Waals surface area contributed by atoms with Gasteiger partial charge in [0.2, 0.25) is 5.91 Å². The molecule has 29 heavy (non-hydrogen) atoms. The summed E-state index contributed by atoms with van der Waals surface area (Å²) in [6.45, 7) is 2.66. The normalized spacial score (nSPS) is 15.0. The first-order valence-electron chi connectivity index (χ1n) is 9.87. The van der Waals surface area contributed by atoms with Gasteiger partial charge in [-0.05, 0) is 74.5 Å². The molecule has 0 spiro atoms. The molecule has 0 unspecified atom stereocenters. The van der Waals surface area contributed by atoms with Crippen LogP contribution >= 0.6 is 0 Å². The Morgan fingerprint density at radius 3 is 2.52 bits per heavy atom. The Balaban J connectivity index is 1.25. The maximum absolute atomic E-state index is 12.6. The zero-order valence-corrected chi connectivity index (χ0v) is 16.2. The largest absolute Gasteiger partial charge is 0.456 e. The van der Waals surface area contributed by atoms with Crippen LogP contribution in [-0.2, 0) is 11.3 Å². The molecule has 3 aromatic rings. The number of rotatable bonds is 6. The highest BCUT2D eigenvalue weighted by Crippen LogP contribution is 2.24. The van der Waals surface area contributed by atoms with Crippen LogP contribution in [0.25, 0.3) is 0 Å². The van der Waals surface area contributed by atoms with Crippen molar-refractivity contribution in [3.63, 3.8) is 0 Å². The number of nitrogens with zero attached hydrogens (tertiary/aromatic N) is 3. The molecular weight excluding hydrogens is 364 g/mol. The van der Waals surface area contributed by atoms with E-state index in [1.54, 1.807) is 12.4 Å². The average Bonchev–Trinajstić information content (AvgIpc) is 2.77. The minimum atomic E-state index is 0.0429. The van der Waals surface area contributed by atoms with Gasteiger partial charge >= 0.3 is 0 Å². The number of hydrogen-bond donors (Lipinski definition) is 1. The summed E-state index contributed by atoms with van der Waals surface area (Å²) >= 11 is 0. The molecule has 6 heteroatoms. The molecule has 1 fully saturated rings. The quantitative estimate of drug-likeness (QED) is 0.688. The molecule has 148 valence electrons. The van der Waals surface area contributed by atoms with Gasteiger partial charge in [0.15, 0.2) is 0 Å². The van der Waals surface area contributed by atoms with E-state index in [1.165, 1.54) is 0 Å². The molecule has 1 N–H and O–H groups in total. The molecular formula is C23H24N4O2. The van der Waals surface area contributed by atoms with Crippen LogP contribution in [0.1, 0.15) is 18.5 Å². The molecule has 0 bridgehead atoms. The van der Waals surface area contributed by atoms with E-state index in [-0.39, 0.29) is 11.8 Å². The molecule has 0 atom stereocenters. The van der Waals surface area contributed by atoms with Crippen LogP contribution in [0.2, 0.25) is 0 Å². The lowest BCUT2D eigenvalue weighted by atomic mass is 9.95. The van der Waals surface area contributed by atoms with Gasteiger partial charge in [0.05, 0.1) is 11.9 Å². The fourth-order valence-electron chi connectivity index (χ4n) is 3.47. The first kappa shape index (κ1) is 19.1. The Hall–Kier alpha value is -3.25. The zero-order valence-electron chi connectivity index (χ0n) is 16.2. The average molecular weight is 388 g/mol. The second-order valence-corrected chi connectivity index (χ2v) is 7.18. The first-order valence-corrected chi connectivity index (χ1v) is 9.87. The number of piperidine rings is 1. The minimum absolute atomic E-state index is 0.0429. The molecule has 3 heterocycles. The monoisotopic (exact) mass is 388 g/mol. The second kappa shape index (κ2) is 9.30. The highest BCUT2D eigenvalue weighted by atomic mass is 16.5. The highest BCUT2D eigenvalue weighted by Gasteiger charge is 2.25. The van der Waals surface area contributed by atoms with E-state index in [0.717, 1.165) is 43.9 Å². The molecule has 1 aliphatic heterocycles. The predicted molar refractivity (Wildman–Crippen MR) is 112 cm³/mol. The van der Waals surface area contributed by atoms with Crippen molar-refractivity contribution in [2.45, 2.75) is 19.4 Å². The number of pyridine rings is 2. The number of likely N-dealkylation sites (tertiary alicyclic amines) is 1. The molecule has 1 saturated heterocycles. The van der Waals surface area contributed by atoms with Gasteiger partial charge in [0.25, 0.3) is 0 Å². The molecule has 1 amide bonds. The number of benzene rings is 1. The second-order valence-electron chi connectivity index (χ2n) is 7.18. The minimum Gasteiger partial charge on any atom is -0.456 e. The van der Waals surface area contributed by atoms with Crippen molar-refractivity contribution in [3.8, 4) is 11.5 Å². The summed E-state index contributed by atoms with van der Waals surface area (Å²) in [5.41, 5.74) is 1.86. The molecule has 0 aliphatic carbocycles. The Labute approximate surface area is 170 Å². The summed E-state index contributed by atoms with van der Waals surface area (Å²) in [7, 11) is 0. The number of anilines is 1. The number of carbonyl (C=O) groups excluding carboxylic acids is 1. The fourth-order valence-corrected chi connectivity index (χ4v) is 3.47. The zero-order chi connectivity index (χ0) is 19.9. The fraction of sp³-hybridized carbons (Fsp3) is 0.261. The van der Waals surface area contributed by atoms with Crippen molar-refractivity contribution in [3.05, 3.63) is 78.9 Å². The number of amides is 1. The van der Waals surface area contributed by atoms with Crippen LogP contribution in [0.15, 0.2) is 73.2 Å². The van der Waals surface area contributed by atoms with E-state index in [1.807, 2.05) is 60.8 Å². The maximum Gasteiger partial charge on any atom is 0.227 e. The Bertz CT molecular complexity index is 909. The van der Waals surface area contributed by atoms with Crippen molar-refractivity contribution < 1.29 is 9.53 Å². The third-order valence-corrected chi connectivity index (χ3v) is 5.06. The molecule has 0 radical (unpaired) electrons. The van der Waals surface area contributed by atoms with Gasteiger partial charge in [0.1, 0.15) is 11.5 Å². The molecule has 2 aromatic heterocycles. The van der Waals surface area contributed by atoms with E-state index < -0.39 is 0 Å². The van der Waals surface area contributed by atoms with E-state index >= 15 is 0 Å². The van der Waals surface area contributed by atoms with Crippen molar-refractivity contribution in [1.82, 2.24) is 14.9 Å². The van der Waals surface area contributed by atoms with Crippen LogP contribution in [0.3, 0.4) is 0 Å². The standard InChI is InChI=1S/C23H24N4O2/c28-23(18-10-14-27(15-11-18)17-20-4-1-2-13-25-20)26-19-6-8-21(9-7-19)29-22-5-3-12-24-16-22/h1-9,12-13,16,18H,10-11,14-15,17H2,(H,26,28). The molecule has 1 aliphatic rings. The molecule has 1 aromatic carbocycles. The van der Waals surface area contributed by atoms with Gasteiger partial charge < -0.3 is 10.1 Å². The first-order chi connectivity index (χ1) is 14.3. The Morgan fingerprint density at radius 2 is 1.83 bits per heavy atom. The summed E-state index contributed by atoms with van der Waals surface area (Å²) in [6.07, 6.45) is 6.91. The van der Waals surface area contributed by atoms with Crippen LogP contribution in [0.5, 0.6) is 11.5 Å². The molecule has 4 rings (SSSR count). The van der Waals surface area contributed by atoms with Gasteiger partial charge in [-0.15, -0.1) is 0 Å². The summed E-state index contributed by atoms with van der Waals surface area (Å²) in [6, 6.07) is 17.1. The van der Waals surface area contributed by atoms with Crippen LogP contribution < -0.4 is 10.1 Å². The number of nitrogens with one attached hydrogen (secondary N) is 1. The lowest BCUT2D eigenvalue weighted by molar-refractivity contribution is -0.121. The van der Waals surface area contributed by atoms with Crippen LogP contribution in [0, 0.1) is 5.92 Å². The van der Waals surface area contributed by atoms with E-state index in [9.17, 15) is 4.79 Å². The lowest BCUT2D eigenvalue weighted by Gasteiger charge is -2.31. The van der Waals surface area contributed by atoms with Crippen molar-refractivity contribution >= 4 is 11.6 Å². The summed E-state index contributed by atoms with van der Waals surface area (Å²) in [5, 5.41) is 3.03. The van der Waals surface area contributed by atoms with Crippen molar-refractivity contribution in [2.75, 3.05) is 18.4 Å². The third kappa shape index (κ3) is 5.39. The number of ether oxygens (including phenoxy) is 1. The maximum atomic E-state index is 12.6. The summed E-state index contributed by atoms with van der Waals surface area (Å²) in [5.74, 6) is 1.52. The molecule has 0 saturated carbocycles. The topological polar surface area (TPSA) is 67.3 Å². The SMILES string of the molecule is O=C(Nc1ccc(Oc2cccnc2)cc1)C1CCN(Cc2ccccn2)CC1. The van der Waals surface area contributed by atoms with E-state index in [4.69, 9.17) is 4.74 Å². The highest BCUT2D eigenvalue weighted by molar-refractivity contribution is 5.92. The van der Waals surface area contributed by atoms with E-state index in [2.05, 4.69) is 20.2 Å². The van der Waals surface area contributed by atoms with Crippen molar-refractivity contribution in [1.29, 1.82) is 0 Å². The molecule has 6 nitrogen and oxygen atoms in total. The summed E-state index contributed by atoms with van der Waals surface area (Å²) < 4.78 is 5.73. The number of hydrogen-bond acceptors (Lipinski definition) is 5. The smallest absolute Gasteiger partial charge is 0.227 e. The Kier molecular flexibility index (Phi) is 6.12. The van der Waals surface area contributed by atoms with Gasteiger partial charge in [-0.2, -0.15) is 0 Å². The van der Waals surface area contributed by atoms with E-state index in [0.29, 0.717) is 11.5 Å². The number of aromatic nitrogens is 2. The van der Waals surface area contributed by atoms with Gasteiger partial charge in [-0.3, -0.25) is 19.7 Å². The van der Waals surface area contributed by atoms with Gasteiger partial charge in [-0.1, -0.05) is 6.07 Å². The van der Waals surface area contributed by atoms with Crippen LogP contribution in [0.4, 0.5) is 5.69 Å². The summed E-state index contributed by atoms with van der Waals surface area (Å²) in [4.78, 5) is 23.4. The third-order valence-electron chi connectivity index (χ3n) is 5.06. The number of carbonyl (C=O) groups is 1. The van der Waals surface area contributed by atoms with Gasteiger partial charge in [0, 0.05) is 30.5 Å². The predicted octanol–water partition coefficient (Wildman–Crippen LogP) is 4.12. The van der Waals surface area contributed by atoms with Gasteiger partial charge in [-0.25, -0.2) is 0 Å². The van der Waals surface area contributed by atoms with Crippen molar-refractivity contribution in [2.24, 2.45) is 5.92 Å². The van der Waals surface area contributed by atoms with Crippen LogP contribution in [-0.4, -0.2) is 33.9 Å².